The van der Waals surface area contributed by atoms with Crippen LogP contribution in [0.5, 0.6) is 0 Å². The summed E-state index contributed by atoms with van der Waals surface area (Å²) in [6, 6.07) is 5.57. The first-order valence-corrected chi connectivity index (χ1v) is 6.20. The number of halogens is 2. The first-order valence-electron chi connectivity index (χ1n) is 5.44. The van der Waals surface area contributed by atoms with Crippen LogP contribution in [0.25, 0.3) is 0 Å². The minimum Gasteiger partial charge on any atom is -0.383 e. The third-order valence-corrected chi connectivity index (χ3v) is 3.29. The van der Waals surface area contributed by atoms with E-state index in [0.29, 0.717) is 23.2 Å². The van der Waals surface area contributed by atoms with Crippen LogP contribution in [-0.4, -0.2) is 38.8 Å². The molecule has 1 atom stereocenters. The minimum absolute atomic E-state index is 0.0786. The van der Waals surface area contributed by atoms with Crippen molar-refractivity contribution in [2.75, 3.05) is 33.9 Å². The van der Waals surface area contributed by atoms with Gasteiger partial charge in [0.2, 0.25) is 0 Å². The second kappa shape index (κ2) is 7.19. The third-order valence-electron chi connectivity index (χ3n) is 2.72. The van der Waals surface area contributed by atoms with E-state index in [1.807, 2.05) is 19.2 Å². The Morgan fingerprint density at radius 1 is 1.41 bits per heavy atom. The molecule has 1 unspecified atom stereocenters. The molecule has 0 fully saturated rings. The highest BCUT2D eigenvalue weighted by Crippen LogP contribution is 2.28. The van der Waals surface area contributed by atoms with E-state index in [-0.39, 0.29) is 6.04 Å². The number of methoxy groups -OCH3 is 1. The number of ether oxygens (including phenoxy) is 1. The van der Waals surface area contributed by atoms with Gasteiger partial charge in [-0.1, -0.05) is 29.3 Å². The molecule has 0 bridgehead atoms. The molecule has 17 heavy (non-hydrogen) atoms. The summed E-state index contributed by atoms with van der Waals surface area (Å²) in [7, 11) is 3.68. The van der Waals surface area contributed by atoms with Crippen LogP contribution in [-0.2, 0) is 4.74 Å². The summed E-state index contributed by atoms with van der Waals surface area (Å²) in [6.45, 7) is 1.97. The van der Waals surface area contributed by atoms with Gasteiger partial charge in [0.1, 0.15) is 0 Å². The molecular formula is C12H18Cl2N2O. The highest BCUT2D eigenvalue weighted by atomic mass is 35.5. The van der Waals surface area contributed by atoms with Crippen molar-refractivity contribution >= 4 is 23.2 Å². The van der Waals surface area contributed by atoms with Crippen LogP contribution in [0, 0.1) is 0 Å². The van der Waals surface area contributed by atoms with Crippen LogP contribution >= 0.6 is 23.2 Å². The summed E-state index contributed by atoms with van der Waals surface area (Å²) in [5.41, 5.74) is 6.81. The van der Waals surface area contributed by atoms with Gasteiger partial charge in [-0.25, -0.2) is 0 Å². The number of likely N-dealkylation sites (N-methyl/N-ethyl adjacent to an activating group) is 1. The first-order chi connectivity index (χ1) is 8.10. The molecule has 3 nitrogen and oxygen atoms in total. The fraction of sp³-hybridized carbons (Fsp3) is 0.500. The van der Waals surface area contributed by atoms with Crippen molar-refractivity contribution in [3.8, 4) is 0 Å². The molecule has 0 amide bonds. The van der Waals surface area contributed by atoms with Gasteiger partial charge in [-0.15, -0.1) is 0 Å². The van der Waals surface area contributed by atoms with E-state index in [0.717, 1.165) is 12.1 Å². The Labute approximate surface area is 112 Å². The Bertz CT molecular complexity index is 360. The van der Waals surface area contributed by atoms with Crippen molar-refractivity contribution in [2.45, 2.75) is 6.04 Å². The standard InChI is InChI=1S/C12H18Cl2N2O/c1-16(5-6-17-2)12(8-15)10-4-3-9(13)7-11(10)14/h3-4,7,12H,5-6,8,15H2,1-2H3. The van der Waals surface area contributed by atoms with Gasteiger partial charge in [0.05, 0.1) is 6.61 Å². The molecular weight excluding hydrogens is 259 g/mol. The number of benzene rings is 1. The maximum absolute atomic E-state index is 6.18. The predicted molar refractivity (Wildman–Crippen MR) is 72.8 cm³/mol. The molecule has 1 aromatic carbocycles. The van der Waals surface area contributed by atoms with E-state index in [1.165, 1.54) is 0 Å². The Morgan fingerprint density at radius 2 is 2.12 bits per heavy atom. The van der Waals surface area contributed by atoms with Crippen molar-refractivity contribution in [1.82, 2.24) is 4.90 Å². The molecule has 96 valence electrons. The average molecular weight is 277 g/mol. The highest BCUT2D eigenvalue weighted by Gasteiger charge is 2.17. The lowest BCUT2D eigenvalue weighted by molar-refractivity contribution is 0.140. The van der Waals surface area contributed by atoms with E-state index in [9.17, 15) is 0 Å². The lowest BCUT2D eigenvalue weighted by atomic mass is 10.1. The molecule has 1 rings (SSSR count). The number of hydrogen-bond donors (Lipinski definition) is 1. The van der Waals surface area contributed by atoms with E-state index in [1.54, 1.807) is 13.2 Å². The van der Waals surface area contributed by atoms with Crippen LogP contribution in [0.2, 0.25) is 10.0 Å². The fourth-order valence-corrected chi connectivity index (χ4v) is 2.24. The van der Waals surface area contributed by atoms with Crippen molar-refractivity contribution in [3.05, 3.63) is 33.8 Å². The molecule has 0 spiro atoms. The Hall–Kier alpha value is -0.320. The summed E-state index contributed by atoms with van der Waals surface area (Å²) < 4.78 is 5.06. The molecule has 0 aliphatic rings. The molecule has 0 saturated heterocycles. The van der Waals surface area contributed by atoms with Gasteiger partial charge < -0.3 is 10.5 Å². The van der Waals surface area contributed by atoms with Gasteiger partial charge >= 0.3 is 0 Å². The van der Waals surface area contributed by atoms with Gasteiger partial charge in [0.25, 0.3) is 0 Å². The lowest BCUT2D eigenvalue weighted by Crippen LogP contribution is -2.33. The minimum atomic E-state index is 0.0786. The zero-order valence-corrected chi connectivity index (χ0v) is 11.6. The quantitative estimate of drug-likeness (QED) is 0.868. The molecule has 0 aliphatic carbocycles. The molecule has 0 heterocycles. The topological polar surface area (TPSA) is 38.5 Å². The second-order valence-corrected chi connectivity index (χ2v) is 4.73. The van der Waals surface area contributed by atoms with Crippen LogP contribution in [0.15, 0.2) is 18.2 Å². The maximum Gasteiger partial charge on any atom is 0.0589 e. The van der Waals surface area contributed by atoms with Crippen LogP contribution in [0.4, 0.5) is 0 Å². The fourth-order valence-electron chi connectivity index (χ4n) is 1.71. The van der Waals surface area contributed by atoms with Crippen molar-refractivity contribution in [3.63, 3.8) is 0 Å². The monoisotopic (exact) mass is 276 g/mol. The van der Waals surface area contributed by atoms with E-state index >= 15 is 0 Å². The van der Waals surface area contributed by atoms with Crippen molar-refractivity contribution < 1.29 is 4.74 Å². The van der Waals surface area contributed by atoms with Gasteiger partial charge in [0, 0.05) is 36.3 Å². The van der Waals surface area contributed by atoms with Gasteiger partial charge in [0.15, 0.2) is 0 Å². The number of rotatable bonds is 6. The summed E-state index contributed by atoms with van der Waals surface area (Å²) in [6.07, 6.45) is 0. The number of nitrogens with two attached hydrogens (primary N) is 1. The predicted octanol–water partition coefficient (Wildman–Crippen LogP) is 2.57. The first kappa shape index (κ1) is 14.7. The van der Waals surface area contributed by atoms with E-state index < -0.39 is 0 Å². The van der Waals surface area contributed by atoms with E-state index in [2.05, 4.69) is 4.90 Å². The van der Waals surface area contributed by atoms with E-state index in [4.69, 9.17) is 33.7 Å². The average Bonchev–Trinajstić information content (AvgIpc) is 2.30. The summed E-state index contributed by atoms with van der Waals surface area (Å²) in [5.74, 6) is 0. The van der Waals surface area contributed by atoms with Crippen LogP contribution in [0.3, 0.4) is 0 Å². The molecule has 2 N–H and O–H groups in total. The van der Waals surface area contributed by atoms with Crippen LogP contribution in [0.1, 0.15) is 11.6 Å². The summed E-state index contributed by atoms with van der Waals surface area (Å²) in [5, 5.41) is 1.28. The van der Waals surface area contributed by atoms with Gasteiger partial charge in [-0.05, 0) is 24.7 Å². The summed E-state index contributed by atoms with van der Waals surface area (Å²) >= 11 is 12.1. The largest absolute Gasteiger partial charge is 0.383 e. The Balaban J connectivity index is 2.85. The molecule has 0 aliphatic heterocycles. The lowest BCUT2D eigenvalue weighted by Gasteiger charge is -2.27. The number of nitrogens with zero attached hydrogens (tertiary/aromatic N) is 1. The zero-order chi connectivity index (χ0) is 12.8. The third kappa shape index (κ3) is 4.12. The highest BCUT2D eigenvalue weighted by molar-refractivity contribution is 6.35. The van der Waals surface area contributed by atoms with Crippen molar-refractivity contribution in [1.29, 1.82) is 0 Å². The normalized spacial score (nSPS) is 13.1. The number of hydrogen-bond acceptors (Lipinski definition) is 3. The molecule has 0 radical (unpaired) electrons. The molecule has 0 saturated carbocycles. The van der Waals surface area contributed by atoms with Gasteiger partial charge in [-0.2, -0.15) is 0 Å². The maximum atomic E-state index is 6.18. The van der Waals surface area contributed by atoms with Gasteiger partial charge in [-0.3, -0.25) is 4.90 Å². The summed E-state index contributed by atoms with van der Waals surface area (Å²) in [4.78, 5) is 2.12. The molecule has 5 heteroatoms. The Morgan fingerprint density at radius 3 is 2.65 bits per heavy atom. The SMILES string of the molecule is COCCN(C)C(CN)c1ccc(Cl)cc1Cl. The smallest absolute Gasteiger partial charge is 0.0589 e. The molecule has 1 aromatic rings. The zero-order valence-electron chi connectivity index (χ0n) is 10.1. The van der Waals surface area contributed by atoms with Crippen molar-refractivity contribution in [2.24, 2.45) is 5.73 Å². The molecule has 0 aromatic heterocycles. The second-order valence-electron chi connectivity index (χ2n) is 3.89. The van der Waals surface area contributed by atoms with Crippen LogP contribution < -0.4 is 5.73 Å². The Kier molecular flexibility index (Phi) is 6.23.